The van der Waals surface area contributed by atoms with Crippen LogP contribution in [0.4, 0.5) is 0 Å². The molecule has 4 heteroatoms. The second-order valence-corrected chi connectivity index (χ2v) is 3.79. The number of nitrogens with zero attached hydrogens (tertiary/aromatic N) is 3. The number of nitriles is 1. The van der Waals surface area contributed by atoms with Crippen LogP contribution in [0.5, 0.6) is 0 Å². The highest BCUT2D eigenvalue weighted by Gasteiger charge is 2.12. The summed E-state index contributed by atoms with van der Waals surface area (Å²) < 4.78 is 1.54. The molecule has 0 fully saturated rings. The minimum atomic E-state index is -0.00388. The summed E-state index contributed by atoms with van der Waals surface area (Å²) in [6, 6.07) is 3.82. The number of aliphatic imine (C=N–C) groups is 1. The van der Waals surface area contributed by atoms with E-state index in [9.17, 15) is 4.79 Å². The largest absolute Gasteiger partial charge is 0.318 e. The van der Waals surface area contributed by atoms with Crippen LogP contribution < -0.4 is 5.56 Å². The lowest BCUT2D eigenvalue weighted by atomic mass is 10.1. The molecule has 0 N–H and O–H groups in total. The smallest absolute Gasteiger partial charge is 0.253 e. The van der Waals surface area contributed by atoms with Crippen LogP contribution in [-0.4, -0.2) is 10.3 Å². The predicted molar refractivity (Wildman–Crippen MR) is 61.3 cm³/mol. The third kappa shape index (κ3) is 1.68. The highest BCUT2D eigenvalue weighted by molar-refractivity contribution is 6.03. The van der Waals surface area contributed by atoms with Crippen molar-refractivity contribution in [2.45, 2.75) is 13.3 Å². The molecule has 1 aromatic heterocycles. The maximum Gasteiger partial charge on any atom is 0.253 e. The van der Waals surface area contributed by atoms with Crippen molar-refractivity contribution in [3.63, 3.8) is 0 Å². The Bertz CT molecular complexity index is 573. The first-order valence-corrected chi connectivity index (χ1v) is 4.97. The van der Waals surface area contributed by atoms with E-state index in [0.717, 1.165) is 11.3 Å². The lowest BCUT2D eigenvalue weighted by molar-refractivity contribution is 0.846. The van der Waals surface area contributed by atoms with Crippen LogP contribution in [0.3, 0.4) is 0 Å². The molecule has 0 atom stereocenters. The van der Waals surface area contributed by atoms with Crippen molar-refractivity contribution in [1.29, 1.82) is 5.26 Å². The van der Waals surface area contributed by atoms with Gasteiger partial charge >= 0.3 is 0 Å². The van der Waals surface area contributed by atoms with E-state index >= 15 is 0 Å². The molecular formula is C12H11N3O. The van der Waals surface area contributed by atoms with Gasteiger partial charge in [0.2, 0.25) is 0 Å². The Morgan fingerprint density at radius 3 is 2.88 bits per heavy atom. The van der Waals surface area contributed by atoms with Gasteiger partial charge in [-0.1, -0.05) is 0 Å². The van der Waals surface area contributed by atoms with Crippen molar-refractivity contribution in [1.82, 2.24) is 4.57 Å². The number of hydrogen-bond acceptors (Lipinski definition) is 3. The second-order valence-electron chi connectivity index (χ2n) is 3.79. The molecule has 0 aliphatic carbocycles. The number of aromatic nitrogens is 1. The monoisotopic (exact) mass is 213 g/mol. The molecule has 0 saturated carbocycles. The van der Waals surface area contributed by atoms with Gasteiger partial charge in [0.05, 0.1) is 5.71 Å². The lowest BCUT2D eigenvalue weighted by Gasteiger charge is -2.05. The van der Waals surface area contributed by atoms with Crippen LogP contribution in [0.1, 0.15) is 17.5 Å². The molecule has 2 rings (SSSR count). The molecule has 0 spiro atoms. The number of pyridine rings is 1. The molecule has 0 amide bonds. The topological polar surface area (TPSA) is 58.1 Å². The summed E-state index contributed by atoms with van der Waals surface area (Å²) in [5.74, 6) is 0. The van der Waals surface area contributed by atoms with Crippen molar-refractivity contribution in [2.75, 3.05) is 0 Å². The SMILES string of the molecule is Cc1cc(C2=NC(C#N)=CC2)cn(C)c1=O. The van der Waals surface area contributed by atoms with Crippen LogP contribution in [0.2, 0.25) is 0 Å². The van der Waals surface area contributed by atoms with E-state index in [1.165, 1.54) is 4.57 Å². The Morgan fingerprint density at radius 1 is 1.56 bits per heavy atom. The van der Waals surface area contributed by atoms with Gasteiger partial charge in [0.15, 0.2) is 0 Å². The summed E-state index contributed by atoms with van der Waals surface area (Å²) in [7, 11) is 1.72. The van der Waals surface area contributed by atoms with E-state index in [0.29, 0.717) is 17.7 Å². The van der Waals surface area contributed by atoms with Crippen molar-refractivity contribution < 1.29 is 0 Å². The van der Waals surface area contributed by atoms with Crippen molar-refractivity contribution in [3.05, 3.63) is 45.5 Å². The van der Waals surface area contributed by atoms with Crippen LogP contribution in [0.15, 0.2) is 33.8 Å². The summed E-state index contributed by atoms with van der Waals surface area (Å²) in [6.45, 7) is 1.78. The maximum atomic E-state index is 11.5. The fourth-order valence-corrected chi connectivity index (χ4v) is 1.72. The van der Waals surface area contributed by atoms with E-state index in [2.05, 4.69) is 4.99 Å². The van der Waals surface area contributed by atoms with Crippen molar-refractivity contribution in [3.8, 4) is 6.07 Å². The molecule has 2 heterocycles. The first-order chi connectivity index (χ1) is 7.61. The second kappa shape index (κ2) is 3.78. The molecule has 0 saturated heterocycles. The quantitative estimate of drug-likeness (QED) is 0.705. The van der Waals surface area contributed by atoms with Crippen molar-refractivity contribution >= 4 is 5.71 Å². The molecule has 80 valence electrons. The molecule has 0 radical (unpaired) electrons. The third-order valence-electron chi connectivity index (χ3n) is 2.55. The zero-order chi connectivity index (χ0) is 11.7. The summed E-state index contributed by atoms with van der Waals surface area (Å²) in [5.41, 5.74) is 2.88. The molecular weight excluding hydrogens is 202 g/mol. The average molecular weight is 213 g/mol. The fraction of sp³-hybridized carbons (Fsp3) is 0.250. The van der Waals surface area contributed by atoms with Gasteiger partial charge in [-0.15, -0.1) is 0 Å². The minimum Gasteiger partial charge on any atom is -0.318 e. The Kier molecular flexibility index (Phi) is 2.45. The highest BCUT2D eigenvalue weighted by Crippen LogP contribution is 2.15. The van der Waals surface area contributed by atoms with E-state index in [-0.39, 0.29) is 5.56 Å². The zero-order valence-corrected chi connectivity index (χ0v) is 9.19. The van der Waals surface area contributed by atoms with Crippen LogP contribution in [-0.2, 0) is 7.05 Å². The molecule has 1 aliphatic heterocycles. The van der Waals surface area contributed by atoms with E-state index in [1.54, 1.807) is 26.2 Å². The highest BCUT2D eigenvalue weighted by atomic mass is 16.1. The minimum absolute atomic E-state index is 0.00388. The summed E-state index contributed by atoms with van der Waals surface area (Å²) in [5, 5.41) is 8.70. The maximum absolute atomic E-state index is 11.5. The lowest BCUT2D eigenvalue weighted by Crippen LogP contribution is -2.20. The Balaban J connectivity index is 2.46. The van der Waals surface area contributed by atoms with E-state index in [1.807, 2.05) is 12.1 Å². The van der Waals surface area contributed by atoms with Crippen molar-refractivity contribution in [2.24, 2.45) is 12.0 Å². The standard InChI is InChI=1S/C12H11N3O/c1-8-5-9(7-15(2)12(8)16)11-4-3-10(6-13)14-11/h3,5,7H,4H2,1-2H3. The average Bonchev–Trinajstić information content (AvgIpc) is 2.73. The molecule has 0 unspecified atom stereocenters. The Hall–Kier alpha value is -2.15. The fourth-order valence-electron chi connectivity index (χ4n) is 1.72. The molecule has 1 aliphatic rings. The Labute approximate surface area is 93.2 Å². The zero-order valence-electron chi connectivity index (χ0n) is 9.19. The van der Waals surface area contributed by atoms with Gasteiger partial charge in [-0.05, 0) is 19.1 Å². The van der Waals surface area contributed by atoms with Gasteiger partial charge in [-0.25, -0.2) is 4.99 Å². The van der Waals surface area contributed by atoms with Gasteiger partial charge in [0.25, 0.3) is 5.56 Å². The summed E-state index contributed by atoms with van der Waals surface area (Å²) >= 11 is 0. The van der Waals surface area contributed by atoms with E-state index < -0.39 is 0 Å². The van der Waals surface area contributed by atoms with Gasteiger partial charge in [-0.3, -0.25) is 4.79 Å². The van der Waals surface area contributed by atoms with Gasteiger partial charge < -0.3 is 4.57 Å². The van der Waals surface area contributed by atoms with Crippen LogP contribution >= 0.6 is 0 Å². The summed E-state index contributed by atoms with van der Waals surface area (Å²) in [6.07, 6.45) is 4.19. The third-order valence-corrected chi connectivity index (χ3v) is 2.55. The molecule has 1 aromatic rings. The normalized spacial score (nSPS) is 14.3. The van der Waals surface area contributed by atoms with Crippen LogP contribution in [0.25, 0.3) is 0 Å². The van der Waals surface area contributed by atoms with E-state index in [4.69, 9.17) is 5.26 Å². The number of hydrogen-bond donors (Lipinski definition) is 0. The molecule has 0 aromatic carbocycles. The van der Waals surface area contributed by atoms with Gasteiger partial charge in [-0.2, -0.15) is 5.26 Å². The first kappa shape index (κ1) is 10.4. The first-order valence-electron chi connectivity index (χ1n) is 4.97. The molecule has 0 bridgehead atoms. The van der Waals surface area contributed by atoms with Crippen LogP contribution in [0, 0.1) is 18.3 Å². The molecule has 16 heavy (non-hydrogen) atoms. The molecule has 4 nitrogen and oxygen atoms in total. The van der Waals surface area contributed by atoms with Gasteiger partial charge in [0, 0.05) is 30.8 Å². The predicted octanol–water partition coefficient (Wildman–Crippen LogP) is 1.29. The number of aryl methyl sites for hydroxylation is 2. The summed E-state index contributed by atoms with van der Waals surface area (Å²) in [4.78, 5) is 15.7. The number of allylic oxidation sites excluding steroid dienone is 2. The Morgan fingerprint density at radius 2 is 2.31 bits per heavy atom. The van der Waals surface area contributed by atoms with Gasteiger partial charge in [0.1, 0.15) is 11.8 Å². The number of rotatable bonds is 1.